The number of carbonyl (C=O) groups is 1. The Morgan fingerprint density at radius 3 is 2.47 bits per heavy atom. The fourth-order valence-corrected chi connectivity index (χ4v) is 4.97. The molecule has 1 atom stereocenters. The van der Waals surface area contributed by atoms with Crippen LogP contribution in [0.3, 0.4) is 0 Å². The lowest BCUT2D eigenvalue weighted by Gasteiger charge is -2.14. The predicted octanol–water partition coefficient (Wildman–Crippen LogP) is 3.34. The first-order valence-corrected chi connectivity index (χ1v) is 12.3. The first-order chi connectivity index (χ1) is 16.1. The Kier molecular flexibility index (Phi) is 6.39. The van der Waals surface area contributed by atoms with E-state index >= 15 is 0 Å². The number of amides is 1. The average Bonchev–Trinajstić information content (AvgIpc) is 3.22. The summed E-state index contributed by atoms with van der Waals surface area (Å²) in [7, 11) is -2.35. The molecule has 1 unspecified atom stereocenters. The van der Waals surface area contributed by atoms with Crippen LogP contribution in [0.1, 0.15) is 10.5 Å². The van der Waals surface area contributed by atoms with Crippen molar-refractivity contribution < 1.29 is 26.3 Å². The van der Waals surface area contributed by atoms with Gasteiger partial charge in [-0.2, -0.15) is 4.21 Å². The SMILES string of the molecule is CN(OS(=O)O)c1ccc2cc(C(=O)Nc3cccc(S(=O)(=O)c4cccc(N)c4)c3)[nH]c2c1. The number of anilines is 3. The van der Waals surface area contributed by atoms with E-state index in [-0.39, 0.29) is 15.5 Å². The third-order valence-corrected chi connectivity index (χ3v) is 7.06. The monoisotopic (exact) mass is 500 g/mol. The number of nitrogens with two attached hydrogens (primary N) is 1. The second-order valence-electron chi connectivity index (χ2n) is 7.30. The summed E-state index contributed by atoms with van der Waals surface area (Å²) in [6, 6.07) is 18.6. The predicted molar refractivity (Wildman–Crippen MR) is 129 cm³/mol. The number of nitrogen functional groups attached to an aromatic ring is 1. The normalized spacial score (nSPS) is 12.4. The van der Waals surface area contributed by atoms with Gasteiger partial charge in [-0.3, -0.25) is 9.35 Å². The number of aromatic amines is 1. The van der Waals surface area contributed by atoms with E-state index in [0.717, 1.165) is 10.4 Å². The zero-order valence-corrected chi connectivity index (χ0v) is 19.4. The topological polar surface area (TPSA) is 155 Å². The third kappa shape index (κ3) is 4.94. The van der Waals surface area contributed by atoms with E-state index in [1.165, 1.54) is 37.4 Å². The summed E-state index contributed by atoms with van der Waals surface area (Å²) in [5.41, 5.74) is 7.67. The maximum atomic E-state index is 12.9. The van der Waals surface area contributed by atoms with Crippen molar-refractivity contribution in [2.75, 3.05) is 23.2 Å². The number of hydrogen-bond donors (Lipinski definition) is 4. The molecule has 3 aromatic carbocycles. The van der Waals surface area contributed by atoms with Crippen LogP contribution >= 0.6 is 0 Å². The molecule has 0 saturated carbocycles. The molecule has 4 aromatic rings. The maximum absolute atomic E-state index is 12.9. The van der Waals surface area contributed by atoms with Crippen LogP contribution < -0.4 is 16.1 Å². The number of nitrogens with one attached hydrogen (secondary N) is 2. The summed E-state index contributed by atoms with van der Waals surface area (Å²) in [4.78, 5) is 15.9. The quantitative estimate of drug-likeness (QED) is 0.171. The van der Waals surface area contributed by atoms with Gasteiger partial charge in [-0.25, -0.2) is 13.5 Å². The Morgan fingerprint density at radius 2 is 1.76 bits per heavy atom. The minimum Gasteiger partial charge on any atom is -0.399 e. The number of H-pyrrole nitrogens is 1. The highest BCUT2D eigenvalue weighted by Gasteiger charge is 2.19. The number of rotatable bonds is 7. The number of nitrogens with zero attached hydrogens (tertiary/aromatic N) is 1. The van der Waals surface area contributed by atoms with E-state index in [4.69, 9.17) is 14.6 Å². The summed E-state index contributed by atoms with van der Waals surface area (Å²) in [6.45, 7) is 0. The van der Waals surface area contributed by atoms with Crippen LogP contribution in [-0.2, 0) is 25.5 Å². The van der Waals surface area contributed by atoms with E-state index in [2.05, 4.69) is 10.3 Å². The zero-order chi connectivity index (χ0) is 24.5. The molecule has 5 N–H and O–H groups in total. The molecule has 0 spiro atoms. The summed E-state index contributed by atoms with van der Waals surface area (Å²) in [6.07, 6.45) is 0. The van der Waals surface area contributed by atoms with Crippen molar-refractivity contribution in [3.63, 3.8) is 0 Å². The van der Waals surface area contributed by atoms with Crippen LogP contribution in [0.15, 0.2) is 82.6 Å². The van der Waals surface area contributed by atoms with Crippen LogP contribution in [0, 0.1) is 0 Å². The van der Waals surface area contributed by atoms with Gasteiger partial charge in [0.25, 0.3) is 5.91 Å². The number of benzene rings is 3. The number of fused-ring (bicyclic) bond motifs is 1. The highest BCUT2D eigenvalue weighted by molar-refractivity contribution is 7.91. The standard InChI is InChI=1S/C22H20N4O6S2/c1-26(32-33(28)29)17-9-8-14-10-21(25-20(14)13-17)22(27)24-16-5-3-7-19(12-16)34(30,31)18-6-2-4-15(23)11-18/h2-13,25H,23H2,1H3,(H,24,27)(H,28,29). The molecule has 0 bridgehead atoms. The number of carbonyl (C=O) groups excluding carboxylic acids is 1. The molecule has 1 heterocycles. The molecular formula is C22H20N4O6S2. The van der Waals surface area contributed by atoms with Crippen LogP contribution in [0.5, 0.6) is 0 Å². The number of hydroxylamine groups is 1. The van der Waals surface area contributed by atoms with E-state index in [1.54, 1.807) is 42.5 Å². The molecule has 0 saturated heterocycles. The van der Waals surface area contributed by atoms with Gasteiger partial charge in [-0.1, -0.05) is 18.2 Å². The van der Waals surface area contributed by atoms with Crippen molar-refractivity contribution in [1.29, 1.82) is 0 Å². The lowest BCUT2D eigenvalue weighted by Crippen LogP contribution is -2.18. The van der Waals surface area contributed by atoms with Gasteiger partial charge in [0.2, 0.25) is 9.84 Å². The molecule has 4 rings (SSSR count). The molecule has 0 radical (unpaired) electrons. The molecular weight excluding hydrogens is 480 g/mol. The Balaban J connectivity index is 1.57. The fourth-order valence-electron chi connectivity index (χ4n) is 3.33. The number of hydrogen-bond acceptors (Lipinski definition) is 7. The summed E-state index contributed by atoms with van der Waals surface area (Å²) >= 11 is -2.47. The second-order valence-corrected chi connectivity index (χ2v) is 9.83. The minimum atomic E-state index is -3.82. The van der Waals surface area contributed by atoms with Crippen LogP contribution in [-0.4, -0.2) is 35.1 Å². The largest absolute Gasteiger partial charge is 0.399 e. The second kappa shape index (κ2) is 9.27. The molecule has 1 amide bonds. The summed E-state index contributed by atoms with van der Waals surface area (Å²) < 4.78 is 50.3. The highest BCUT2D eigenvalue weighted by atomic mass is 32.2. The fraction of sp³-hybridized carbons (Fsp3) is 0.0455. The average molecular weight is 501 g/mol. The van der Waals surface area contributed by atoms with Crippen LogP contribution in [0.25, 0.3) is 10.9 Å². The molecule has 12 heteroatoms. The van der Waals surface area contributed by atoms with E-state index in [9.17, 15) is 17.4 Å². The van der Waals surface area contributed by atoms with Gasteiger partial charge in [0, 0.05) is 29.3 Å². The van der Waals surface area contributed by atoms with E-state index < -0.39 is 27.1 Å². The first kappa shape index (κ1) is 23.4. The molecule has 0 aliphatic rings. The molecule has 0 aliphatic carbocycles. The van der Waals surface area contributed by atoms with Crippen molar-refractivity contribution in [3.8, 4) is 0 Å². The molecule has 0 fully saturated rings. The molecule has 1 aromatic heterocycles. The van der Waals surface area contributed by atoms with Gasteiger partial charge in [-0.05, 0) is 54.6 Å². The molecule has 0 aliphatic heterocycles. The Labute approximate surface area is 197 Å². The maximum Gasteiger partial charge on any atom is 0.325 e. The van der Waals surface area contributed by atoms with Crippen molar-refractivity contribution in [2.45, 2.75) is 9.79 Å². The zero-order valence-electron chi connectivity index (χ0n) is 17.8. The lowest BCUT2D eigenvalue weighted by atomic mass is 10.2. The summed E-state index contributed by atoms with van der Waals surface area (Å²) in [5, 5.41) is 4.54. The van der Waals surface area contributed by atoms with Gasteiger partial charge in [0.05, 0.1) is 15.5 Å². The highest BCUT2D eigenvalue weighted by Crippen LogP contribution is 2.26. The van der Waals surface area contributed by atoms with E-state index in [0.29, 0.717) is 22.6 Å². The van der Waals surface area contributed by atoms with Gasteiger partial charge >= 0.3 is 11.4 Å². The third-order valence-electron chi connectivity index (χ3n) is 4.96. The van der Waals surface area contributed by atoms with Gasteiger partial charge in [0.15, 0.2) is 0 Å². The van der Waals surface area contributed by atoms with Crippen molar-refractivity contribution in [2.24, 2.45) is 0 Å². The Morgan fingerprint density at radius 1 is 1.06 bits per heavy atom. The molecule has 10 nitrogen and oxygen atoms in total. The van der Waals surface area contributed by atoms with Gasteiger partial charge in [0.1, 0.15) is 5.69 Å². The van der Waals surface area contributed by atoms with Crippen LogP contribution in [0.4, 0.5) is 17.1 Å². The minimum absolute atomic E-state index is 0.0153. The van der Waals surface area contributed by atoms with Crippen molar-refractivity contribution in [3.05, 3.63) is 78.5 Å². The van der Waals surface area contributed by atoms with Crippen LogP contribution in [0.2, 0.25) is 0 Å². The van der Waals surface area contributed by atoms with Crippen molar-refractivity contribution in [1.82, 2.24) is 4.98 Å². The number of sulfone groups is 1. The Hall–Kier alpha value is -3.71. The Bertz CT molecular complexity index is 1520. The molecule has 34 heavy (non-hydrogen) atoms. The first-order valence-electron chi connectivity index (χ1n) is 9.81. The smallest absolute Gasteiger partial charge is 0.325 e. The van der Waals surface area contributed by atoms with Gasteiger partial charge < -0.3 is 16.0 Å². The lowest BCUT2D eigenvalue weighted by molar-refractivity contribution is 0.102. The van der Waals surface area contributed by atoms with Crippen molar-refractivity contribution >= 4 is 55.1 Å². The molecule has 176 valence electrons. The number of aromatic nitrogens is 1. The summed E-state index contributed by atoms with van der Waals surface area (Å²) in [5.74, 6) is -0.475. The van der Waals surface area contributed by atoms with Gasteiger partial charge in [-0.15, -0.1) is 4.28 Å². The van der Waals surface area contributed by atoms with E-state index in [1.807, 2.05) is 0 Å².